The van der Waals surface area contributed by atoms with E-state index in [-0.39, 0.29) is 5.04 Å². The van der Waals surface area contributed by atoms with Gasteiger partial charge in [0.05, 0.1) is 0 Å². The van der Waals surface area contributed by atoms with E-state index in [2.05, 4.69) is 167 Å². The highest BCUT2D eigenvalue weighted by molar-refractivity contribution is 7.80. The van der Waals surface area contributed by atoms with E-state index < -0.39 is 16.2 Å². The Bertz CT molecular complexity index is 1780. The van der Waals surface area contributed by atoms with E-state index in [1.807, 2.05) is 0 Å². The van der Waals surface area contributed by atoms with Crippen molar-refractivity contribution in [2.75, 3.05) is 0 Å². The average molecular weight is 569 g/mol. The topological polar surface area (TPSA) is 9.23 Å². The van der Waals surface area contributed by atoms with Gasteiger partial charge in [-0.2, -0.15) is 0 Å². The Kier molecular flexibility index (Phi) is 7.32. The molecule has 0 fully saturated rings. The van der Waals surface area contributed by atoms with Gasteiger partial charge in [-0.15, -0.1) is 0 Å². The van der Waals surface area contributed by atoms with Gasteiger partial charge in [-0.3, -0.25) is 0 Å². The standard InChI is InChI=1S/C38H37OPSi/c1-38(2,3)41(4,5)39-34-26-24-28-16-12-14-22-32(28)36(34)37-33-23-15-13-17-29(33)25-27-35(37)40(30-18-8-6-9-19-30)31-20-10-7-11-21-31/h6-27H,1-5H3. The Morgan fingerprint density at radius 3 is 1.51 bits per heavy atom. The summed E-state index contributed by atoms with van der Waals surface area (Å²) in [6.45, 7) is 11.6. The van der Waals surface area contributed by atoms with Crippen LogP contribution in [0, 0.1) is 0 Å². The second-order valence-electron chi connectivity index (χ2n) is 12.2. The van der Waals surface area contributed by atoms with Gasteiger partial charge in [0.1, 0.15) is 5.75 Å². The molecule has 0 saturated heterocycles. The van der Waals surface area contributed by atoms with E-state index in [0.717, 1.165) is 5.75 Å². The third kappa shape index (κ3) is 5.23. The summed E-state index contributed by atoms with van der Waals surface area (Å²) in [5.41, 5.74) is 2.49. The van der Waals surface area contributed by atoms with Crippen LogP contribution >= 0.6 is 7.92 Å². The van der Waals surface area contributed by atoms with Crippen LogP contribution < -0.4 is 20.3 Å². The van der Waals surface area contributed by atoms with Gasteiger partial charge in [0.2, 0.25) is 0 Å². The molecule has 0 spiro atoms. The van der Waals surface area contributed by atoms with Crippen LogP contribution in [0.1, 0.15) is 20.8 Å². The fourth-order valence-electron chi connectivity index (χ4n) is 5.31. The van der Waals surface area contributed by atoms with Gasteiger partial charge in [0.15, 0.2) is 0 Å². The normalized spacial score (nSPS) is 12.2. The van der Waals surface area contributed by atoms with Crippen LogP contribution in [0.2, 0.25) is 18.1 Å². The number of hydrogen-bond donors (Lipinski definition) is 0. The zero-order valence-corrected chi connectivity index (χ0v) is 26.5. The molecule has 6 aromatic carbocycles. The summed E-state index contributed by atoms with van der Waals surface area (Å²) in [4.78, 5) is 0. The zero-order valence-electron chi connectivity index (χ0n) is 24.6. The van der Waals surface area contributed by atoms with Gasteiger partial charge in [-0.25, -0.2) is 0 Å². The van der Waals surface area contributed by atoms with Crippen molar-refractivity contribution in [3.8, 4) is 16.9 Å². The van der Waals surface area contributed by atoms with Gasteiger partial charge in [-0.1, -0.05) is 148 Å². The lowest BCUT2D eigenvalue weighted by molar-refractivity contribution is 0.494. The highest BCUT2D eigenvalue weighted by Crippen LogP contribution is 2.47. The van der Waals surface area contributed by atoms with E-state index in [0.29, 0.717) is 0 Å². The van der Waals surface area contributed by atoms with Crippen LogP contribution in [-0.4, -0.2) is 8.32 Å². The molecule has 0 unspecified atom stereocenters. The third-order valence-corrected chi connectivity index (χ3v) is 15.3. The van der Waals surface area contributed by atoms with Crippen molar-refractivity contribution in [3.05, 3.63) is 133 Å². The van der Waals surface area contributed by atoms with Crippen molar-refractivity contribution in [2.45, 2.75) is 38.9 Å². The van der Waals surface area contributed by atoms with Crippen LogP contribution in [-0.2, 0) is 0 Å². The Morgan fingerprint density at radius 1 is 0.512 bits per heavy atom. The van der Waals surface area contributed by atoms with E-state index in [1.54, 1.807) is 0 Å². The number of hydrogen-bond acceptors (Lipinski definition) is 1. The maximum Gasteiger partial charge on any atom is 0.250 e. The minimum absolute atomic E-state index is 0.0815. The highest BCUT2D eigenvalue weighted by atomic mass is 31.1. The molecule has 0 radical (unpaired) electrons. The van der Waals surface area contributed by atoms with Crippen molar-refractivity contribution >= 4 is 53.7 Å². The number of benzene rings is 6. The van der Waals surface area contributed by atoms with E-state index in [9.17, 15) is 0 Å². The van der Waals surface area contributed by atoms with Crippen molar-refractivity contribution in [3.63, 3.8) is 0 Å². The summed E-state index contributed by atoms with van der Waals surface area (Å²) >= 11 is 0. The van der Waals surface area contributed by atoms with Gasteiger partial charge < -0.3 is 4.43 Å². The smallest absolute Gasteiger partial charge is 0.250 e. The van der Waals surface area contributed by atoms with Gasteiger partial charge in [0, 0.05) is 11.1 Å². The Hall–Kier alpha value is -3.71. The average Bonchev–Trinajstić information content (AvgIpc) is 2.98. The molecular formula is C38H37OPSi. The highest BCUT2D eigenvalue weighted by Gasteiger charge is 2.40. The van der Waals surface area contributed by atoms with Crippen LogP contribution in [0.15, 0.2) is 133 Å². The Morgan fingerprint density at radius 2 is 0.976 bits per heavy atom. The molecule has 3 heteroatoms. The lowest BCUT2D eigenvalue weighted by atomic mass is 9.93. The lowest BCUT2D eigenvalue weighted by Gasteiger charge is -2.37. The monoisotopic (exact) mass is 568 g/mol. The summed E-state index contributed by atoms with van der Waals surface area (Å²) in [5.74, 6) is 0.990. The Balaban J connectivity index is 1.74. The molecule has 0 bridgehead atoms. The van der Waals surface area contributed by atoms with Gasteiger partial charge >= 0.3 is 0 Å². The molecule has 6 aromatic rings. The molecule has 0 atom stereocenters. The van der Waals surface area contributed by atoms with Crippen molar-refractivity contribution < 1.29 is 4.43 Å². The molecule has 41 heavy (non-hydrogen) atoms. The van der Waals surface area contributed by atoms with Crippen molar-refractivity contribution in [1.82, 2.24) is 0 Å². The Labute approximate surface area is 246 Å². The maximum absolute atomic E-state index is 7.20. The largest absolute Gasteiger partial charge is 0.543 e. The summed E-state index contributed by atoms with van der Waals surface area (Å²) in [6, 6.07) is 48.7. The predicted molar refractivity (Wildman–Crippen MR) is 183 cm³/mol. The van der Waals surface area contributed by atoms with Crippen LogP contribution in [0.4, 0.5) is 0 Å². The maximum atomic E-state index is 7.20. The molecule has 0 heterocycles. The lowest BCUT2D eigenvalue weighted by Crippen LogP contribution is -2.44. The molecule has 0 aromatic heterocycles. The van der Waals surface area contributed by atoms with Crippen LogP contribution in [0.3, 0.4) is 0 Å². The first-order valence-corrected chi connectivity index (χ1v) is 18.6. The number of rotatable bonds is 6. The van der Waals surface area contributed by atoms with Crippen LogP contribution in [0.5, 0.6) is 5.75 Å². The molecule has 0 aliphatic carbocycles. The molecule has 0 aliphatic rings. The quantitative estimate of drug-likeness (QED) is 0.144. The second kappa shape index (κ2) is 10.9. The SMILES string of the molecule is CC(C)(C)[Si](C)(C)Oc1ccc2ccccc2c1-c1c(P(c2ccccc2)c2ccccc2)ccc2ccccc12. The van der Waals surface area contributed by atoms with Crippen molar-refractivity contribution in [1.29, 1.82) is 0 Å². The fraction of sp³-hybridized carbons (Fsp3) is 0.158. The predicted octanol–water partition coefficient (Wildman–Crippen LogP) is 9.80. The molecule has 0 aliphatic heterocycles. The molecule has 204 valence electrons. The van der Waals surface area contributed by atoms with Gasteiger partial charge in [-0.05, 0) is 69.6 Å². The van der Waals surface area contributed by atoms with Crippen LogP contribution in [0.25, 0.3) is 32.7 Å². The molecule has 6 rings (SSSR count). The second-order valence-corrected chi connectivity index (χ2v) is 19.1. The molecule has 0 saturated carbocycles. The molecule has 0 N–H and O–H groups in total. The minimum atomic E-state index is -2.13. The first kappa shape index (κ1) is 27.5. The summed E-state index contributed by atoms with van der Waals surface area (Å²) in [5, 5.41) is 9.10. The molecular weight excluding hydrogens is 531 g/mol. The first-order valence-electron chi connectivity index (χ1n) is 14.4. The molecule has 0 amide bonds. The van der Waals surface area contributed by atoms with E-state index in [1.165, 1.54) is 48.6 Å². The minimum Gasteiger partial charge on any atom is -0.543 e. The molecule has 1 nitrogen and oxygen atoms in total. The number of fused-ring (bicyclic) bond motifs is 2. The summed E-state index contributed by atoms with van der Waals surface area (Å²) in [6.07, 6.45) is 0. The fourth-order valence-corrected chi connectivity index (χ4v) is 8.81. The first-order chi connectivity index (χ1) is 19.7. The van der Waals surface area contributed by atoms with Gasteiger partial charge in [0.25, 0.3) is 8.32 Å². The van der Waals surface area contributed by atoms with E-state index in [4.69, 9.17) is 4.43 Å². The van der Waals surface area contributed by atoms with Crippen molar-refractivity contribution in [2.24, 2.45) is 0 Å². The summed E-state index contributed by atoms with van der Waals surface area (Å²) in [7, 11) is -2.96. The summed E-state index contributed by atoms with van der Waals surface area (Å²) < 4.78 is 7.20. The third-order valence-electron chi connectivity index (χ3n) is 8.49. The van der Waals surface area contributed by atoms with E-state index >= 15 is 0 Å². The zero-order chi connectivity index (χ0) is 28.6.